The Morgan fingerprint density at radius 1 is 1.19 bits per heavy atom. The molecule has 21 heavy (non-hydrogen) atoms. The molecule has 0 spiro atoms. The normalized spacial score (nSPS) is 10.2. The molecule has 6 heteroatoms. The molecule has 2 aromatic rings. The highest BCUT2D eigenvalue weighted by molar-refractivity contribution is 6.30. The average Bonchev–Trinajstić information content (AvgIpc) is 2.43. The first-order chi connectivity index (χ1) is 9.99. The van der Waals surface area contributed by atoms with Gasteiger partial charge in [-0.3, -0.25) is 10.1 Å². The molecule has 0 radical (unpaired) electrons. The summed E-state index contributed by atoms with van der Waals surface area (Å²) < 4.78 is 0. The highest BCUT2D eigenvalue weighted by atomic mass is 35.5. The van der Waals surface area contributed by atoms with Gasteiger partial charge in [-0.1, -0.05) is 17.7 Å². The number of halogens is 1. The molecule has 2 N–H and O–H groups in total. The van der Waals surface area contributed by atoms with E-state index in [2.05, 4.69) is 10.6 Å². The van der Waals surface area contributed by atoms with E-state index in [-0.39, 0.29) is 5.69 Å². The van der Waals surface area contributed by atoms with Crippen LogP contribution in [0.5, 0.6) is 0 Å². The molecule has 0 heterocycles. The molecule has 0 unspecified atom stereocenters. The minimum Gasteiger partial charge on any atom is -0.385 e. The third-order valence-electron chi connectivity index (χ3n) is 2.99. The number of nitrogens with one attached hydrogen (secondary N) is 2. The van der Waals surface area contributed by atoms with E-state index in [0.29, 0.717) is 22.9 Å². The van der Waals surface area contributed by atoms with Crippen molar-refractivity contribution in [3.8, 4) is 0 Å². The topological polar surface area (TPSA) is 67.2 Å². The number of benzene rings is 2. The minimum atomic E-state index is -0.406. The van der Waals surface area contributed by atoms with Crippen LogP contribution in [0.1, 0.15) is 12.5 Å². The van der Waals surface area contributed by atoms with E-state index in [1.807, 2.05) is 26.0 Å². The molecule has 0 aliphatic carbocycles. The lowest BCUT2D eigenvalue weighted by Gasteiger charge is -2.12. The molecule has 0 aliphatic heterocycles. The Labute approximate surface area is 128 Å². The number of hydrogen-bond acceptors (Lipinski definition) is 4. The number of nitro groups is 1. The summed E-state index contributed by atoms with van der Waals surface area (Å²) in [6, 6.07) is 10.3. The Morgan fingerprint density at radius 3 is 2.57 bits per heavy atom. The van der Waals surface area contributed by atoms with Crippen molar-refractivity contribution in [2.45, 2.75) is 13.8 Å². The number of nitrogens with zero attached hydrogens (tertiary/aromatic N) is 1. The van der Waals surface area contributed by atoms with Crippen molar-refractivity contribution in [2.75, 3.05) is 17.2 Å². The Morgan fingerprint density at radius 2 is 1.90 bits per heavy atom. The van der Waals surface area contributed by atoms with E-state index in [9.17, 15) is 10.1 Å². The molecule has 0 aromatic heterocycles. The maximum Gasteiger partial charge on any atom is 0.273 e. The van der Waals surface area contributed by atoms with Crippen molar-refractivity contribution >= 4 is 34.4 Å². The quantitative estimate of drug-likeness (QED) is 0.619. The Balaban J connectivity index is 2.38. The molecular weight excluding hydrogens is 290 g/mol. The minimum absolute atomic E-state index is 0.0376. The molecule has 110 valence electrons. The van der Waals surface area contributed by atoms with E-state index in [4.69, 9.17) is 11.6 Å². The fourth-order valence-electron chi connectivity index (χ4n) is 1.98. The summed E-state index contributed by atoms with van der Waals surface area (Å²) >= 11 is 5.99. The highest BCUT2D eigenvalue weighted by Gasteiger charge is 2.10. The first-order valence-electron chi connectivity index (χ1n) is 6.56. The lowest BCUT2D eigenvalue weighted by atomic mass is 10.2. The molecule has 0 bridgehead atoms. The van der Waals surface area contributed by atoms with Gasteiger partial charge in [0, 0.05) is 40.8 Å². The van der Waals surface area contributed by atoms with Gasteiger partial charge in [-0.2, -0.15) is 0 Å². The molecule has 0 saturated carbocycles. The molecule has 2 rings (SSSR count). The third kappa shape index (κ3) is 3.86. The first-order valence-corrected chi connectivity index (χ1v) is 6.94. The maximum atomic E-state index is 11.0. The summed E-state index contributed by atoms with van der Waals surface area (Å²) in [5.41, 5.74) is 3.22. The summed E-state index contributed by atoms with van der Waals surface area (Å²) in [5, 5.41) is 17.9. The second-order valence-electron chi connectivity index (χ2n) is 4.64. The maximum absolute atomic E-state index is 11.0. The van der Waals surface area contributed by atoms with Crippen LogP contribution >= 0.6 is 11.6 Å². The molecule has 0 fully saturated rings. The fraction of sp³-hybridized carbons (Fsp3) is 0.200. The van der Waals surface area contributed by atoms with Gasteiger partial charge in [-0.05, 0) is 37.6 Å². The highest BCUT2D eigenvalue weighted by Crippen LogP contribution is 2.29. The number of non-ortho nitro benzene ring substituents is 1. The largest absolute Gasteiger partial charge is 0.385 e. The van der Waals surface area contributed by atoms with Gasteiger partial charge in [0.15, 0.2) is 0 Å². The molecule has 0 saturated heterocycles. The van der Waals surface area contributed by atoms with Crippen LogP contribution in [0.25, 0.3) is 0 Å². The van der Waals surface area contributed by atoms with Crippen molar-refractivity contribution in [2.24, 2.45) is 0 Å². The Hall–Kier alpha value is -2.27. The summed E-state index contributed by atoms with van der Waals surface area (Å²) in [5.74, 6) is 0. The molecule has 0 amide bonds. The zero-order valence-corrected chi connectivity index (χ0v) is 12.6. The fourth-order valence-corrected chi connectivity index (χ4v) is 2.15. The van der Waals surface area contributed by atoms with Crippen LogP contribution in [0.2, 0.25) is 5.02 Å². The van der Waals surface area contributed by atoms with Crippen molar-refractivity contribution in [1.29, 1.82) is 0 Å². The predicted molar refractivity (Wildman–Crippen MR) is 86.7 cm³/mol. The predicted octanol–water partition coefficient (Wildman–Crippen LogP) is 4.73. The zero-order chi connectivity index (χ0) is 15.4. The number of aryl methyl sites for hydroxylation is 1. The van der Waals surface area contributed by atoms with Crippen molar-refractivity contribution in [3.05, 3.63) is 57.1 Å². The summed E-state index contributed by atoms with van der Waals surface area (Å²) in [4.78, 5) is 10.6. The van der Waals surface area contributed by atoms with Crippen molar-refractivity contribution in [3.63, 3.8) is 0 Å². The van der Waals surface area contributed by atoms with E-state index < -0.39 is 4.92 Å². The number of hydrogen-bond donors (Lipinski definition) is 2. The van der Waals surface area contributed by atoms with E-state index in [1.54, 1.807) is 12.1 Å². The molecule has 2 aromatic carbocycles. The van der Waals surface area contributed by atoms with Crippen LogP contribution in [0.4, 0.5) is 22.7 Å². The number of rotatable bonds is 5. The van der Waals surface area contributed by atoms with Gasteiger partial charge < -0.3 is 10.6 Å². The molecular formula is C15H16ClN3O2. The number of nitro benzene ring substituents is 1. The second-order valence-corrected chi connectivity index (χ2v) is 5.08. The van der Waals surface area contributed by atoms with Crippen LogP contribution in [0.15, 0.2) is 36.4 Å². The van der Waals surface area contributed by atoms with Crippen molar-refractivity contribution in [1.82, 2.24) is 0 Å². The lowest BCUT2D eigenvalue weighted by Crippen LogP contribution is -2.00. The van der Waals surface area contributed by atoms with Gasteiger partial charge in [0.1, 0.15) is 0 Å². The first kappa shape index (κ1) is 15.1. The molecule has 0 aliphatic rings. The van der Waals surface area contributed by atoms with Crippen LogP contribution < -0.4 is 10.6 Å². The smallest absolute Gasteiger partial charge is 0.273 e. The second kappa shape index (κ2) is 6.45. The Bertz CT molecular complexity index is 674. The van der Waals surface area contributed by atoms with Crippen LogP contribution in [-0.4, -0.2) is 11.5 Å². The van der Waals surface area contributed by atoms with Gasteiger partial charge in [0.2, 0.25) is 0 Å². The lowest BCUT2D eigenvalue weighted by molar-refractivity contribution is -0.384. The van der Waals surface area contributed by atoms with Crippen LogP contribution in [-0.2, 0) is 0 Å². The van der Waals surface area contributed by atoms with Crippen molar-refractivity contribution < 1.29 is 4.92 Å². The summed E-state index contributed by atoms with van der Waals surface area (Å²) in [7, 11) is 0. The SMILES string of the molecule is CCNc1cc(Nc2cc(Cl)ccc2C)cc([N+](=O)[O-])c1. The summed E-state index contributed by atoms with van der Waals surface area (Å²) in [6.45, 7) is 4.57. The van der Waals surface area contributed by atoms with E-state index in [1.165, 1.54) is 12.1 Å². The van der Waals surface area contributed by atoms with Gasteiger partial charge >= 0.3 is 0 Å². The van der Waals surface area contributed by atoms with Crippen LogP contribution in [0, 0.1) is 17.0 Å². The van der Waals surface area contributed by atoms with E-state index in [0.717, 1.165) is 11.3 Å². The number of anilines is 3. The zero-order valence-electron chi connectivity index (χ0n) is 11.8. The van der Waals surface area contributed by atoms with E-state index >= 15 is 0 Å². The standard InChI is InChI=1S/C15H16ClN3O2/c1-3-17-12-7-13(9-14(8-12)19(20)21)18-15-6-11(16)5-4-10(15)2/h4-9,17-18H,3H2,1-2H3. The Kier molecular flexibility index (Phi) is 4.65. The summed E-state index contributed by atoms with van der Waals surface area (Å²) in [6.07, 6.45) is 0. The van der Waals surface area contributed by atoms with Crippen LogP contribution in [0.3, 0.4) is 0 Å². The third-order valence-corrected chi connectivity index (χ3v) is 3.22. The van der Waals surface area contributed by atoms with Gasteiger partial charge in [-0.15, -0.1) is 0 Å². The average molecular weight is 306 g/mol. The molecule has 5 nitrogen and oxygen atoms in total. The monoisotopic (exact) mass is 305 g/mol. The van der Waals surface area contributed by atoms with Gasteiger partial charge in [0.05, 0.1) is 4.92 Å². The van der Waals surface area contributed by atoms with Gasteiger partial charge in [0.25, 0.3) is 5.69 Å². The molecule has 0 atom stereocenters. The van der Waals surface area contributed by atoms with Gasteiger partial charge in [-0.25, -0.2) is 0 Å².